The van der Waals surface area contributed by atoms with Gasteiger partial charge in [0.15, 0.2) is 0 Å². The summed E-state index contributed by atoms with van der Waals surface area (Å²) in [6.07, 6.45) is 2.55. The van der Waals surface area contributed by atoms with Crippen molar-refractivity contribution in [2.24, 2.45) is 0 Å². The third-order valence-electron chi connectivity index (χ3n) is 8.99. The lowest BCUT2D eigenvalue weighted by molar-refractivity contribution is -0.116. The highest BCUT2D eigenvalue weighted by Crippen LogP contribution is 2.47. The summed E-state index contributed by atoms with van der Waals surface area (Å²) in [7, 11) is 1.85. The maximum Gasteiger partial charge on any atom is 0.253 e. The molecule has 3 aromatic carbocycles. The Kier molecular flexibility index (Phi) is 8.98. The van der Waals surface area contributed by atoms with E-state index in [1.54, 1.807) is 28.9 Å². The number of carbonyl (C=O) groups is 2. The third kappa shape index (κ3) is 6.36. The molecule has 1 unspecified atom stereocenters. The Hall–Kier alpha value is -2.93. The molecule has 1 fully saturated rings. The topological polar surface area (TPSA) is 43.9 Å². The van der Waals surface area contributed by atoms with Crippen molar-refractivity contribution in [2.45, 2.75) is 51.4 Å². The zero-order valence-corrected chi connectivity index (χ0v) is 26.2. The molecule has 2 aliphatic rings. The Labute approximate surface area is 258 Å². The van der Waals surface area contributed by atoms with Crippen molar-refractivity contribution in [1.82, 2.24) is 9.80 Å². The van der Waals surface area contributed by atoms with Crippen LogP contribution in [0.3, 0.4) is 0 Å². The number of anilines is 1. The maximum atomic E-state index is 14.3. The van der Waals surface area contributed by atoms with E-state index < -0.39 is 0 Å². The minimum Gasteiger partial charge on any atom is -0.341 e. The normalized spacial score (nSPS) is 16.9. The number of likely N-dealkylation sites (N-methyl/N-ethyl adjacent to an activating group) is 1. The number of benzene rings is 3. The van der Waals surface area contributed by atoms with E-state index in [-0.39, 0.29) is 29.0 Å². The van der Waals surface area contributed by atoms with Gasteiger partial charge in [-0.3, -0.25) is 9.59 Å². The first-order chi connectivity index (χ1) is 20.0. The van der Waals surface area contributed by atoms with E-state index >= 15 is 0 Å². The number of hydrogen-bond donors (Lipinski definition) is 0. The van der Waals surface area contributed by atoms with Gasteiger partial charge < -0.3 is 14.7 Å². The van der Waals surface area contributed by atoms with Crippen LogP contribution in [0.5, 0.6) is 0 Å². The van der Waals surface area contributed by atoms with Gasteiger partial charge in [0.25, 0.3) is 5.91 Å². The van der Waals surface area contributed by atoms with Crippen LogP contribution in [0.15, 0.2) is 54.6 Å². The number of hydrogen-bond acceptors (Lipinski definition) is 3. The zero-order valence-electron chi connectivity index (χ0n) is 24.7. The molecule has 0 aromatic heterocycles. The summed E-state index contributed by atoms with van der Waals surface area (Å²) in [5.41, 5.74) is 5.45. The molecule has 42 heavy (non-hydrogen) atoms. The van der Waals surface area contributed by atoms with Gasteiger partial charge in [-0.15, -0.1) is 0 Å². The van der Waals surface area contributed by atoms with Crippen molar-refractivity contribution in [2.75, 3.05) is 44.7 Å². The second-order valence-electron chi connectivity index (χ2n) is 12.1. The number of fused-ring (bicyclic) bond motifs is 2. The highest BCUT2D eigenvalue weighted by Gasteiger charge is 2.45. The number of amides is 2. The molecule has 0 radical (unpaired) electrons. The van der Waals surface area contributed by atoms with Crippen LogP contribution in [0.25, 0.3) is 0 Å². The van der Waals surface area contributed by atoms with Gasteiger partial charge in [0.2, 0.25) is 5.91 Å². The molecule has 1 spiro atoms. The molecule has 1 saturated heterocycles. The molecule has 0 saturated carbocycles. The second-order valence-corrected chi connectivity index (χ2v) is 12.9. The summed E-state index contributed by atoms with van der Waals surface area (Å²) < 4.78 is 14.3. The Morgan fingerprint density at radius 1 is 0.976 bits per heavy atom. The fourth-order valence-corrected chi connectivity index (χ4v) is 7.06. The monoisotopic (exact) mass is 609 g/mol. The van der Waals surface area contributed by atoms with Gasteiger partial charge in [0.05, 0.1) is 10.0 Å². The zero-order chi connectivity index (χ0) is 30.2. The standard InChI is InChI=1S/C34H38Cl2FN3O2/c1-22-15-23(2)17-27(16-22)33(42)38(4)20-26(25-5-7-30(35)31(36)18-25)9-12-39-13-10-34(11-14-39)21-40(24(3)41)32-8-6-28(37)19-29(32)34/h5-8,15-19,26H,9-14,20-21H2,1-4H3. The van der Waals surface area contributed by atoms with Crippen molar-refractivity contribution in [3.8, 4) is 0 Å². The summed E-state index contributed by atoms with van der Waals surface area (Å²) in [6, 6.07) is 16.5. The van der Waals surface area contributed by atoms with Crippen LogP contribution < -0.4 is 4.90 Å². The largest absolute Gasteiger partial charge is 0.341 e. The fraction of sp³-hybridized carbons (Fsp3) is 0.412. The lowest BCUT2D eigenvalue weighted by Gasteiger charge is -2.40. The fourth-order valence-electron chi connectivity index (χ4n) is 6.75. The van der Waals surface area contributed by atoms with Crippen molar-refractivity contribution in [3.63, 3.8) is 0 Å². The highest BCUT2D eigenvalue weighted by molar-refractivity contribution is 6.42. The average molecular weight is 611 g/mol. The molecule has 0 aliphatic carbocycles. The lowest BCUT2D eigenvalue weighted by atomic mass is 9.74. The number of aryl methyl sites for hydroxylation is 2. The van der Waals surface area contributed by atoms with Crippen LogP contribution in [-0.4, -0.2) is 61.4 Å². The van der Waals surface area contributed by atoms with E-state index in [4.69, 9.17) is 23.2 Å². The molecule has 2 aliphatic heterocycles. The molecule has 8 heteroatoms. The molecule has 0 bridgehead atoms. The first-order valence-electron chi connectivity index (χ1n) is 14.5. The van der Waals surface area contributed by atoms with Crippen LogP contribution in [-0.2, 0) is 10.2 Å². The Balaban J connectivity index is 1.29. The number of halogens is 3. The minimum absolute atomic E-state index is 0.00562. The molecule has 5 nitrogen and oxygen atoms in total. The van der Waals surface area contributed by atoms with Gasteiger partial charge in [-0.25, -0.2) is 4.39 Å². The molecular weight excluding hydrogens is 572 g/mol. The van der Waals surface area contributed by atoms with Gasteiger partial charge in [0.1, 0.15) is 5.82 Å². The predicted octanol–water partition coefficient (Wildman–Crippen LogP) is 7.40. The molecule has 222 valence electrons. The van der Waals surface area contributed by atoms with Crippen LogP contribution in [0, 0.1) is 19.7 Å². The Morgan fingerprint density at radius 2 is 1.67 bits per heavy atom. The second kappa shape index (κ2) is 12.4. The quantitative estimate of drug-likeness (QED) is 0.280. The smallest absolute Gasteiger partial charge is 0.253 e. The van der Waals surface area contributed by atoms with Crippen molar-refractivity contribution in [1.29, 1.82) is 0 Å². The summed E-state index contributed by atoms with van der Waals surface area (Å²) in [6.45, 7) is 9.28. The number of nitrogens with zero attached hydrogens (tertiary/aromatic N) is 3. The SMILES string of the molecule is CC(=O)N1CC2(CCN(CCC(CN(C)C(=O)c3cc(C)cc(C)c3)c3ccc(Cl)c(Cl)c3)CC2)c2cc(F)ccc21. The van der Waals surface area contributed by atoms with Crippen molar-refractivity contribution < 1.29 is 14.0 Å². The summed E-state index contributed by atoms with van der Waals surface area (Å²) >= 11 is 12.6. The maximum absolute atomic E-state index is 14.3. The molecule has 5 rings (SSSR count). The number of piperidine rings is 1. The first-order valence-corrected chi connectivity index (χ1v) is 15.3. The van der Waals surface area contributed by atoms with Crippen molar-refractivity contribution in [3.05, 3.63) is 98.3 Å². The third-order valence-corrected chi connectivity index (χ3v) is 9.73. The highest BCUT2D eigenvalue weighted by atomic mass is 35.5. The Morgan fingerprint density at radius 3 is 2.31 bits per heavy atom. The van der Waals surface area contributed by atoms with Gasteiger partial charge in [0, 0.05) is 49.6 Å². The molecule has 2 heterocycles. The van der Waals surface area contributed by atoms with E-state index in [0.29, 0.717) is 28.7 Å². The average Bonchev–Trinajstić information content (AvgIpc) is 3.25. The predicted molar refractivity (Wildman–Crippen MR) is 168 cm³/mol. The van der Waals surface area contributed by atoms with Crippen LogP contribution >= 0.6 is 23.2 Å². The van der Waals surface area contributed by atoms with Gasteiger partial charge in [-0.1, -0.05) is 46.5 Å². The Bertz CT molecular complexity index is 1480. The summed E-state index contributed by atoms with van der Waals surface area (Å²) in [5, 5.41) is 1.01. The van der Waals surface area contributed by atoms with E-state index in [9.17, 15) is 14.0 Å². The molecule has 1 atom stereocenters. The van der Waals surface area contributed by atoms with E-state index in [1.165, 1.54) is 6.07 Å². The molecule has 2 amide bonds. The van der Waals surface area contributed by atoms with E-state index in [1.807, 2.05) is 51.2 Å². The summed E-state index contributed by atoms with van der Waals surface area (Å²) in [4.78, 5) is 31.8. The molecule has 0 N–H and O–H groups in total. The van der Waals surface area contributed by atoms with E-state index in [0.717, 1.165) is 66.8 Å². The summed E-state index contributed by atoms with van der Waals surface area (Å²) in [5.74, 6) is -0.213. The van der Waals surface area contributed by atoms with Crippen LogP contribution in [0.1, 0.15) is 64.7 Å². The lowest BCUT2D eigenvalue weighted by Crippen LogP contribution is -2.46. The van der Waals surface area contributed by atoms with Gasteiger partial charge in [-0.2, -0.15) is 0 Å². The number of likely N-dealkylation sites (tertiary alicyclic amines) is 1. The molecule has 3 aromatic rings. The van der Waals surface area contributed by atoms with Crippen LogP contribution in [0.4, 0.5) is 10.1 Å². The van der Waals surface area contributed by atoms with Gasteiger partial charge in [-0.05, 0) is 106 Å². The molecular formula is C34H38Cl2FN3O2. The van der Waals surface area contributed by atoms with E-state index in [2.05, 4.69) is 11.0 Å². The van der Waals surface area contributed by atoms with Gasteiger partial charge >= 0.3 is 0 Å². The first kappa shape index (κ1) is 30.5. The minimum atomic E-state index is -0.259. The number of rotatable bonds is 7. The number of carbonyl (C=O) groups excluding carboxylic acids is 2. The van der Waals surface area contributed by atoms with Crippen LogP contribution in [0.2, 0.25) is 10.0 Å². The van der Waals surface area contributed by atoms with Crippen molar-refractivity contribution >= 4 is 40.7 Å².